The first-order chi connectivity index (χ1) is 12.5. The van der Waals surface area contributed by atoms with Crippen molar-refractivity contribution < 1.29 is 14.4 Å². The Kier molecular flexibility index (Phi) is 5.02. The normalized spacial score (nSPS) is 13.0. The molecule has 134 valence electrons. The number of carbonyl (C=O) groups is 3. The van der Waals surface area contributed by atoms with Crippen LogP contribution in [-0.4, -0.2) is 31.3 Å². The summed E-state index contributed by atoms with van der Waals surface area (Å²) in [6.45, 7) is 1.95. The van der Waals surface area contributed by atoms with E-state index in [9.17, 15) is 14.4 Å². The molecule has 1 aliphatic heterocycles. The van der Waals surface area contributed by atoms with Gasteiger partial charge in [0.05, 0.1) is 11.4 Å². The Morgan fingerprint density at radius 1 is 1.08 bits per heavy atom. The molecule has 0 aromatic heterocycles. The van der Waals surface area contributed by atoms with Gasteiger partial charge >= 0.3 is 0 Å². The summed E-state index contributed by atoms with van der Waals surface area (Å²) in [5.41, 5.74) is 3.18. The van der Waals surface area contributed by atoms with Crippen LogP contribution in [0.2, 0.25) is 0 Å². The Bertz CT molecular complexity index is 846. The van der Waals surface area contributed by atoms with E-state index >= 15 is 0 Å². The van der Waals surface area contributed by atoms with Gasteiger partial charge in [0.25, 0.3) is 0 Å². The summed E-state index contributed by atoms with van der Waals surface area (Å²) in [7, 11) is 1.70. The van der Waals surface area contributed by atoms with Crippen molar-refractivity contribution in [3.05, 3.63) is 54.1 Å². The molecule has 26 heavy (non-hydrogen) atoms. The summed E-state index contributed by atoms with van der Waals surface area (Å²) in [5.74, 6) is -0.616. The molecule has 0 spiro atoms. The Balaban J connectivity index is 1.64. The average Bonchev–Trinajstić information content (AvgIpc) is 2.65. The first-order valence-electron chi connectivity index (χ1n) is 8.48. The Morgan fingerprint density at radius 2 is 1.77 bits per heavy atom. The van der Waals surface area contributed by atoms with Crippen LogP contribution in [0.25, 0.3) is 0 Å². The van der Waals surface area contributed by atoms with Gasteiger partial charge in [-0.05, 0) is 31.2 Å². The van der Waals surface area contributed by atoms with Crippen LogP contribution in [0, 0.1) is 6.92 Å². The maximum Gasteiger partial charge on any atom is 0.244 e. The standard InChI is InChI=1S/C20H21N3O3/c1-14-7-9-15(10-8-14)22(2)19(25)11-12-20(26)23-13-18(24)21-16-5-3-4-6-17(16)23/h3-10H,11-13H2,1-2H3,(H,21,24). The average molecular weight is 351 g/mol. The zero-order chi connectivity index (χ0) is 18.7. The maximum atomic E-state index is 12.6. The lowest BCUT2D eigenvalue weighted by atomic mass is 10.1. The van der Waals surface area contributed by atoms with Crippen molar-refractivity contribution in [3.8, 4) is 0 Å². The van der Waals surface area contributed by atoms with Crippen LogP contribution in [0.15, 0.2) is 48.5 Å². The molecule has 0 saturated carbocycles. The van der Waals surface area contributed by atoms with E-state index in [1.165, 1.54) is 4.90 Å². The topological polar surface area (TPSA) is 69.7 Å². The largest absolute Gasteiger partial charge is 0.323 e. The number of nitrogens with zero attached hydrogens (tertiary/aromatic N) is 2. The summed E-state index contributed by atoms with van der Waals surface area (Å²) in [6.07, 6.45) is 0.139. The summed E-state index contributed by atoms with van der Waals surface area (Å²) in [6, 6.07) is 14.8. The summed E-state index contributed by atoms with van der Waals surface area (Å²) < 4.78 is 0. The van der Waals surface area contributed by atoms with E-state index in [0.29, 0.717) is 11.4 Å². The van der Waals surface area contributed by atoms with Gasteiger partial charge in [0, 0.05) is 25.6 Å². The maximum absolute atomic E-state index is 12.6. The van der Waals surface area contributed by atoms with E-state index in [1.54, 1.807) is 30.1 Å². The third kappa shape index (κ3) is 3.74. The highest BCUT2D eigenvalue weighted by molar-refractivity contribution is 6.10. The molecule has 1 aliphatic rings. The Hall–Kier alpha value is -3.15. The number of benzene rings is 2. The SMILES string of the molecule is Cc1ccc(N(C)C(=O)CCC(=O)N2CC(=O)Nc3ccccc32)cc1. The Labute approximate surface area is 152 Å². The van der Waals surface area contributed by atoms with E-state index in [-0.39, 0.29) is 37.1 Å². The minimum absolute atomic E-state index is 0.0299. The number of anilines is 3. The molecule has 1 heterocycles. The van der Waals surface area contributed by atoms with Crippen molar-refractivity contribution >= 4 is 34.8 Å². The smallest absolute Gasteiger partial charge is 0.244 e. The predicted molar refractivity (Wildman–Crippen MR) is 101 cm³/mol. The zero-order valence-electron chi connectivity index (χ0n) is 14.9. The van der Waals surface area contributed by atoms with Gasteiger partial charge in [-0.3, -0.25) is 14.4 Å². The number of hydrogen-bond donors (Lipinski definition) is 1. The molecule has 0 saturated heterocycles. The number of para-hydroxylation sites is 2. The van der Waals surface area contributed by atoms with Gasteiger partial charge in [0.1, 0.15) is 6.54 Å². The van der Waals surface area contributed by atoms with E-state index in [2.05, 4.69) is 5.32 Å². The lowest BCUT2D eigenvalue weighted by Crippen LogP contribution is -2.42. The van der Waals surface area contributed by atoms with Crippen molar-refractivity contribution in [2.45, 2.75) is 19.8 Å². The number of carbonyl (C=O) groups excluding carboxylic acids is 3. The van der Waals surface area contributed by atoms with Crippen LogP contribution in [0.5, 0.6) is 0 Å². The van der Waals surface area contributed by atoms with Crippen LogP contribution in [0.1, 0.15) is 18.4 Å². The minimum atomic E-state index is -0.238. The lowest BCUT2D eigenvalue weighted by molar-refractivity contribution is -0.124. The van der Waals surface area contributed by atoms with E-state index in [4.69, 9.17) is 0 Å². The number of fused-ring (bicyclic) bond motifs is 1. The molecule has 0 aliphatic carbocycles. The first-order valence-corrected chi connectivity index (χ1v) is 8.48. The second-order valence-corrected chi connectivity index (χ2v) is 6.33. The molecule has 3 rings (SSSR count). The molecular formula is C20H21N3O3. The fourth-order valence-corrected chi connectivity index (χ4v) is 2.88. The minimum Gasteiger partial charge on any atom is -0.323 e. The van der Waals surface area contributed by atoms with Crippen LogP contribution < -0.4 is 15.1 Å². The second kappa shape index (κ2) is 7.39. The lowest BCUT2D eigenvalue weighted by Gasteiger charge is -2.29. The summed E-state index contributed by atoms with van der Waals surface area (Å²) >= 11 is 0. The number of amides is 3. The second-order valence-electron chi connectivity index (χ2n) is 6.33. The van der Waals surface area contributed by atoms with Crippen LogP contribution in [0.3, 0.4) is 0 Å². The third-order valence-corrected chi connectivity index (χ3v) is 4.42. The molecule has 0 fully saturated rings. The molecule has 0 atom stereocenters. The summed E-state index contributed by atoms with van der Waals surface area (Å²) in [4.78, 5) is 39.8. The van der Waals surface area contributed by atoms with Crippen molar-refractivity contribution in [3.63, 3.8) is 0 Å². The highest BCUT2D eigenvalue weighted by Gasteiger charge is 2.27. The quantitative estimate of drug-likeness (QED) is 0.921. The molecule has 2 aromatic rings. The Morgan fingerprint density at radius 3 is 2.50 bits per heavy atom. The number of nitrogens with one attached hydrogen (secondary N) is 1. The third-order valence-electron chi connectivity index (χ3n) is 4.42. The fraction of sp³-hybridized carbons (Fsp3) is 0.250. The van der Waals surface area contributed by atoms with E-state index in [1.807, 2.05) is 37.3 Å². The molecule has 6 heteroatoms. The van der Waals surface area contributed by atoms with Crippen molar-refractivity contribution in [2.24, 2.45) is 0 Å². The van der Waals surface area contributed by atoms with Gasteiger partial charge in [-0.25, -0.2) is 0 Å². The number of aryl methyl sites for hydroxylation is 1. The van der Waals surface area contributed by atoms with Crippen LogP contribution in [0.4, 0.5) is 17.1 Å². The van der Waals surface area contributed by atoms with Crippen molar-refractivity contribution in [1.82, 2.24) is 0 Å². The van der Waals surface area contributed by atoms with Gasteiger partial charge in [-0.15, -0.1) is 0 Å². The highest BCUT2D eigenvalue weighted by atomic mass is 16.2. The molecule has 0 radical (unpaired) electrons. The monoisotopic (exact) mass is 351 g/mol. The van der Waals surface area contributed by atoms with Gasteiger partial charge < -0.3 is 15.1 Å². The number of rotatable bonds is 4. The van der Waals surface area contributed by atoms with Crippen molar-refractivity contribution in [2.75, 3.05) is 28.7 Å². The zero-order valence-corrected chi connectivity index (χ0v) is 14.9. The molecule has 0 unspecified atom stereocenters. The van der Waals surface area contributed by atoms with Crippen LogP contribution >= 0.6 is 0 Å². The summed E-state index contributed by atoms with van der Waals surface area (Å²) in [5, 5.41) is 2.75. The van der Waals surface area contributed by atoms with Gasteiger partial charge in [0.15, 0.2) is 0 Å². The van der Waals surface area contributed by atoms with Gasteiger partial charge in [-0.1, -0.05) is 29.8 Å². The van der Waals surface area contributed by atoms with Gasteiger partial charge in [-0.2, -0.15) is 0 Å². The van der Waals surface area contributed by atoms with Gasteiger partial charge in [0.2, 0.25) is 17.7 Å². The first kappa shape index (κ1) is 17.7. The molecule has 0 bridgehead atoms. The molecule has 2 aromatic carbocycles. The molecule has 3 amide bonds. The molecule has 6 nitrogen and oxygen atoms in total. The molecule has 1 N–H and O–H groups in total. The predicted octanol–water partition coefficient (Wildman–Crippen LogP) is 2.72. The van der Waals surface area contributed by atoms with E-state index < -0.39 is 0 Å². The van der Waals surface area contributed by atoms with Crippen LogP contribution in [-0.2, 0) is 14.4 Å². The van der Waals surface area contributed by atoms with E-state index in [0.717, 1.165) is 11.3 Å². The molecular weight excluding hydrogens is 330 g/mol. The highest BCUT2D eigenvalue weighted by Crippen LogP contribution is 2.29. The number of hydrogen-bond acceptors (Lipinski definition) is 3. The van der Waals surface area contributed by atoms with Crippen molar-refractivity contribution in [1.29, 1.82) is 0 Å². The fourth-order valence-electron chi connectivity index (χ4n) is 2.88.